The zero-order valence-electron chi connectivity index (χ0n) is 16.7. The summed E-state index contributed by atoms with van der Waals surface area (Å²) in [6.07, 6.45) is 2.60. The summed E-state index contributed by atoms with van der Waals surface area (Å²) in [5, 5.41) is 5.22. The minimum absolute atomic E-state index is 0.0356. The average Bonchev–Trinajstić information content (AvgIpc) is 2.81. The Morgan fingerprint density at radius 1 is 0.875 bits per heavy atom. The van der Waals surface area contributed by atoms with Crippen molar-refractivity contribution in [3.05, 3.63) is 78.1 Å². The smallest absolute Gasteiger partial charge is 0.276 e. The van der Waals surface area contributed by atoms with Gasteiger partial charge in [-0.2, -0.15) is 0 Å². The number of hydrogen-bond donors (Lipinski definition) is 2. The molecule has 3 aromatic rings. The van der Waals surface area contributed by atoms with Crippen LogP contribution in [-0.2, 0) is 9.53 Å². The molecule has 1 aliphatic rings. The highest BCUT2D eigenvalue weighted by Crippen LogP contribution is 2.20. The van der Waals surface area contributed by atoms with Gasteiger partial charge in [-0.1, -0.05) is 0 Å². The van der Waals surface area contributed by atoms with Gasteiger partial charge >= 0.3 is 0 Å². The number of carbonyl (C=O) groups is 3. The van der Waals surface area contributed by atoms with Crippen LogP contribution >= 0.6 is 0 Å². The standard InChI is InChI=1S/C22H18FN5O4/c23-14-1-3-15(4-2-14)26-21(30)19-20(25-10-9-24-19)22(31)27-16-5-7-17(8-6-16)28-11-12-32-13-18(28)29/h1-10H,11-13H2,(H,26,30)(H,27,31). The van der Waals surface area contributed by atoms with Gasteiger partial charge in [-0.25, -0.2) is 14.4 Å². The Hall–Kier alpha value is -4.18. The van der Waals surface area contributed by atoms with Crippen molar-refractivity contribution in [1.82, 2.24) is 9.97 Å². The Morgan fingerprint density at radius 3 is 1.94 bits per heavy atom. The number of halogens is 1. The van der Waals surface area contributed by atoms with Gasteiger partial charge in [0.15, 0.2) is 11.4 Å². The first-order valence-electron chi connectivity index (χ1n) is 9.69. The Bertz CT molecular complexity index is 1150. The number of nitrogens with one attached hydrogen (secondary N) is 2. The summed E-state index contributed by atoms with van der Waals surface area (Å²) >= 11 is 0. The normalized spacial score (nSPS) is 13.5. The van der Waals surface area contributed by atoms with Crippen LogP contribution in [0.15, 0.2) is 60.9 Å². The fourth-order valence-corrected chi connectivity index (χ4v) is 3.10. The van der Waals surface area contributed by atoms with Crippen LogP contribution in [0.4, 0.5) is 21.5 Å². The molecule has 2 heterocycles. The monoisotopic (exact) mass is 435 g/mol. The number of ether oxygens (including phenoxy) is 1. The number of anilines is 3. The van der Waals surface area contributed by atoms with Crippen LogP contribution in [-0.4, -0.2) is 47.4 Å². The Balaban J connectivity index is 1.47. The molecule has 9 nitrogen and oxygen atoms in total. The van der Waals surface area contributed by atoms with Crippen LogP contribution in [0.25, 0.3) is 0 Å². The fraction of sp³-hybridized carbons (Fsp3) is 0.136. The van der Waals surface area contributed by atoms with Crippen molar-refractivity contribution < 1.29 is 23.5 Å². The Morgan fingerprint density at radius 2 is 1.41 bits per heavy atom. The van der Waals surface area contributed by atoms with E-state index in [0.29, 0.717) is 30.2 Å². The summed E-state index contributed by atoms with van der Waals surface area (Å²) in [6, 6.07) is 11.9. The number of morpholine rings is 1. The predicted octanol–water partition coefficient (Wildman–Crippen LogP) is 2.48. The van der Waals surface area contributed by atoms with E-state index in [4.69, 9.17) is 4.74 Å². The van der Waals surface area contributed by atoms with E-state index in [9.17, 15) is 18.8 Å². The predicted molar refractivity (Wildman–Crippen MR) is 114 cm³/mol. The molecule has 32 heavy (non-hydrogen) atoms. The molecular formula is C22H18FN5O4. The zero-order valence-corrected chi connectivity index (χ0v) is 16.7. The van der Waals surface area contributed by atoms with Crippen LogP contribution in [0.2, 0.25) is 0 Å². The lowest BCUT2D eigenvalue weighted by atomic mass is 10.2. The van der Waals surface area contributed by atoms with Gasteiger partial charge < -0.3 is 20.3 Å². The third-order valence-electron chi connectivity index (χ3n) is 4.65. The summed E-state index contributed by atoms with van der Waals surface area (Å²) in [7, 11) is 0. The SMILES string of the molecule is O=C(Nc1ccc(F)cc1)c1nccnc1C(=O)Nc1ccc(N2CCOCC2=O)cc1. The number of rotatable bonds is 5. The molecule has 0 atom stereocenters. The number of benzene rings is 2. The number of nitrogens with zero attached hydrogens (tertiary/aromatic N) is 3. The minimum atomic E-state index is -0.656. The van der Waals surface area contributed by atoms with E-state index < -0.39 is 17.6 Å². The third kappa shape index (κ3) is 4.76. The Labute approximate surface area is 182 Å². The topological polar surface area (TPSA) is 114 Å². The first-order valence-corrected chi connectivity index (χ1v) is 9.69. The maximum atomic E-state index is 13.1. The Kier molecular flexibility index (Phi) is 6.13. The second kappa shape index (κ2) is 9.31. The van der Waals surface area contributed by atoms with E-state index in [-0.39, 0.29) is 23.9 Å². The van der Waals surface area contributed by atoms with E-state index in [1.165, 1.54) is 36.7 Å². The van der Waals surface area contributed by atoms with Crippen LogP contribution in [0.1, 0.15) is 21.0 Å². The molecule has 4 rings (SSSR count). The molecule has 10 heteroatoms. The van der Waals surface area contributed by atoms with E-state index in [2.05, 4.69) is 20.6 Å². The van der Waals surface area contributed by atoms with Crippen LogP contribution in [0.5, 0.6) is 0 Å². The van der Waals surface area contributed by atoms with Crippen LogP contribution < -0.4 is 15.5 Å². The second-order valence-corrected chi connectivity index (χ2v) is 6.81. The molecule has 1 saturated heterocycles. The van der Waals surface area contributed by atoms with Gasteiger partial charge in [-0.05, 0) is 48.5 Å². The maximum Gasteiger partial charge on any atom is 0.276 e. The van der Waals surface area contributed by atoms with E-state index >= 15 is 0 Å². The first kappa shape index (κ1) is 21.1. The highest BCUT2D eigenvalue weighted by atomic mass is 19.1. The minimum Gasteiger partial charge on any atom is -0.370 e. The molecule has 0 spiro atoms. The van der Waals surface area contributed by atoms with E-state index in [1.807, 2.05) is 0 Å². The molecule has 162 valence electrons. The molecule has 1 aromatic heterocycles. The van der Waals surface area contributed by atoms with E-state index in [1.54, 1.807) is 29.2 Å². The fourth-order valence-electron chi connectivity index (χ4n) is 3.10. The lowest BCUT2D eigenvalue weighted by molar-refractivity contribution is -0.125. The van der Waals surface area contributed by atoms with Gasteiger partial charge in [0.2, 0.25) is 0 Å². The number of carbonyl (C=O) groups excluding carboxylic acids is 3. The summed E-state index contributed by atoms with van der Waals surface area (Å²) in [6.45, 7) is 0.949. The highest BCUT2D eigenvalue weighted by Gasteiger charge is 2.22. The van der Waals surface area contributed by atoms with Crippen molar-refractivity contribution in [1.29, 1.82) is 0 Å². The van der Waals surface area contributed by atoms with E-state index in [0.717, 1.165) is 0 Å². The van der Waals surface area contributed by atoms with Crippen molar-refractivity contribution in [2.45, 2.75) is 0 Å². The molecule has 2 N–H and O–H groups in total. The summed E-state index contributed by atoms with van der Waals surface area (Å²) < 4.78 is 18.2. The van der Waals surface area contributed by atoms with Crippen molar-refractivity contribution in [3.8, 4) is 0 Å². The zero-order chi connectivity index (χ0) is 22.5. The quantitative estimate of drug-likeness (QED) is 0.637. The average molecular weight is 435 g/mol. The summed E-state index contributed by atoms with van der Waals surface area (Å²) in [5.74, 6) is -1.86. The van der Waals surface area contributed by atoms with Crippen molar-refractivity contribution >= 4 is 34.8 Å². The molecule has 0 aliphatic carbocycles. The molecule has 2 aromatic carbocycles. The summed E-state index contributed by atoms with van der Waals surface area (Å²) in [4.78, 5) is 46.9. The van der Waals surface area contributed by atoms with Gasteiger partial charge in [-0.3, -0.25) is 14.4 Å². The van der Waals surface area contributed by atoms with Gasteiger partial charge in [0, 0.05) is 36.0 Å². The second-order valence-electron chi connectivity index (χ2n) is 6.81. The van der Waals surface area contributed by atoms with Crippen molar-refractivity contribution in [3.63, 3.8) is 0 Å². The number of aromatic nitrogens is 2. The highest BCUT2D eigenvalue weighted by molar-refractivity contribution is 6.13. The molecule has 3 amide bonds. The molecule has 0 radical (unpaired) electrons. The van der Waals surface area contributed by atoms with Gasteiger partial charge in [0.05, 0.1) is 6.61 Å². The molecule has 0 bridgehead atoms. The van der Waals surface area contributed by atoms with Crippen LogP contribution in [0, 0.1) is 5.82 Å². The van der Waals surface area contributed by atoms with Crippen LogP contribution in [0.3, 0.4) is 0 Å². The molecule has 1 aliphatic heterocycles. The molecule has 0 unspecified atom stereocenters. The van der Waals surface area contributed by atoms with Gasteiger partial charge in [0.1, 0.15) is 12.4 Å². The van der Waals surface area contributed by atoms with Crippen molar-refractivity contribution in [2.24, 2.45) is 0 Å². The third-order valence-corrected chi connectivity index (χ3v) is 4.65. The molecule has 0 saturated carbocycles. The number of amides is 3. The maximum absolute atomic E-state index is 13.1. The lowest BCUT2D eigenvalue weighted by Gasteiger charge is -2.26. The molecular weight excluding hydrogens is 417 g/mol. The number of hydrogen-bond acceptors (Lipinski definition) is 6. The van der Waals surface area contributed by atoms with Crippen molar-refractivity contribution in [2.75, 3.05) is 35.3 Å². The largest absolute Gasteiger partial charge is 0.370 e. The molecule has 1 fully saturated rings. The van der Waals surface area contributed by atoms with Gasteiger partial charge in [0.25, 0.3) is 17.7 Å². The summed E-state index contributed by atoms with van der Waals surface area (Å²) in [5.41, 5.74) is 1.15. The lowest BCUT2D eigenvalue weighted by Crippen LogP contribution is -2.41. The first-order chi connectivity index (χ1) is 15.5. The van der Waals surface area contributed by atoms with Gasteiger partial charge in [-0.15, -0.1) is 0 Å².